The second-order valence-corrected chi connectivity index (χ2v) is 5.43. The molecule has 5 nitrogen and oxygen atoms in total. The zero-order valence-corrected chi connectivity index (χ0v) is 13.9. The molecule has 1 atom stereocenters. The highest BCUT2D eigenvalue weighted by molar-refractivity contribution is 5.84. The molecule has 0 aliphatic heterocycles. The molecule has 0 aliphatic rings. The smallest absolute Gasteiger partial charge is 0.313 e. The van der Waals surface area contributed by atoms with E-state index in [0.717, 1.165) is 5.56 Å². The molecule has 0 bridgehead atoms. The molecule has 1 unspecified atom stereocenters. The molecule has 5 heteroatoms. The van der Waals surface area contributed by atoms with Crippen LogP contribution in [0.1, 0.15) is 47.7 Å². The number of aromatic nitrogens is 1. The molecule has 1 heterocycles. The normalized spacial score (nSPS) is 11.8. The summed E-state index contributed by atoms with van der Waals surface area (Å²) in [5.41, 5.74) is 1.02. The number of hydrogen-bond acceptors (Lipinski definition) is 4. The van der Waals surface area contributed by atoms with Gasteiger partial charge >= 0.3 is 5.97 Å². The Kier molecular flexibility index (Phi) is 6.07. The molecule has 2 rings (SSSR count). The van der Waals surface area contributed by atoms with Gasteiger partial charge in [-0.3, -0.25) is 14.4 Å². The number of benzene rings is 1. The molecule has 0 N–H and O–H groups in total. The van der Waals surface area contributed by atoms with Crippen LogP contribution in [-0.2, 0) is 16.1 Å². The fourth-order valence-corrected chi connectivity index (χ4v) is 2.69. The van der Waals surface area contributed by atoms with Crippen molar-refractivity contribution in [3.05, 3.63) is 69.6 Å². The number of aldehydes is 1. The van der Waals surface area contributed by atoms with Gasteiger partial charge in [-0.05, 0) is 30.5 Å². The van der Waals surface area contributed by atoms with Gasteiger partial charge in [0, 0.05) is 6.20 Å². The Bertz CT molecular complexity index is 765. The van der Waals surface area contributed by atoms with Crippen LogP contribution in [-0.4, -0.2) is 23.4 Å². The van der Waals surface area contributed by atoms with Gasteiger partial charge in [-0.25, -0.2) is 0 Å². The summed E-state index contributed by atoms with van der Waals surface area (Å²) in [6.45, 7) is 4.18. The van der Waals surface area contributed by atoms with Crippen molar-refractivity contribution in [3.8, 4) is 0 Å². The van der Waals surface area contributed by atoms with Crippen LogP contribution in [0.5, 0.6) is 0 Å². The fraction of sp³-hybridized carbons (Fsp3) is 0.316. The topological polar surface area (TPSA) is 65.4 Å². The molecule has 0 spiro atoms. The Labute approximate surface area is 140 Å². The van der Waals surface area contributed by atoms with Crippen LogP contribution in [0.2, 0.25) is 0 Å². The highest BCUT2D eigenvalue weighted by Crippen LogP contribution is 2.22. The van der Waals surface area contributed by atoms with Crippen LogP contribution in [0.3, 0.4) is 0 Å². The summed E-state index contributed by atoms with van der Waals surface area (Å²) in [6.07, 6.45) is 2.61. The lowest BCUT2D eigenvalue weighted by atomic mass is 9.93. The molecule has 24 heavy (non-hydrogen) atoms. The summed E-state index contributed by atoms with van der Waals surface area (Å²) in [5.74, 6) is -1.02. The molecule has 0 saturated carbocycles. The van der Waals surface area contributed by atoms with Gasteiger partial charge in [-0.15, -0.1) is 0 Å². The predicted molar refractivity (Wildman–Crippen MR) is 91.3 cm³/mol. The Morgan fingerprint density at radius 3 is 2.50 bits per heavy atom. The number of ether oxygens (including phenoxy) is 1. The van der Waals surface area contributed by atoms with Crippen molar-refractivity contribution in [1.29, 1.82) is 0 Å². The SMILES string of the molecule is CCOC(=O)C(CC)c1ccn(Cc2ccccc2)c(=O)c1C=O. The van der Waals surface area contributed by atoms with Crippen LogP contribution in [0.15, 0.2) is 47.4 Å². The highest BCUT2D eigenvalue weighted by Gasteiger charge is 2.24. The molecular formula is C19H21NO4. The minimum absolute atomic E-state index is 0.0216. The van der Waals surface area contributed by atoms with E-state index in [0.29, 0.717) is 24.8 Å². The molecular weight excluding hydrogens is 306 g/mol. The first-order chi connectivity index (χ1) is 11.6. The summed E-state index contributed by atoms with van der Waals surface area (Å²) in [7, 11) is 0. The number of hydrogen-bond donors (Lipinski definition) is 0. The number of nitrogens with zero attached hydrogens (tertiary/aromatic N) is 1. The second-order valence-electron chi connectivity index (χ2n) is 5.43. The van der Waals surface area contributed by atoms with Crippen molar-refractivity contribution in [1.82, 2.24) is 4.57 Å². The van der Waals surface area contributed by atoms with Crippen molar-refractivity contribution >= 4 is 12.3 Å². The number of carbonyl (C=O) groups excluding carboxylic acids is 2. The van der Waals surface area contributed by atoms with Crippen LogP contribution in [0, 0.1) is 0 Å². The lowest BCUT2D eigenvalue weighted by molar-refractivity contribution is -0.145. The Balaban J connectivity index is 2.42. The molecule has 0 amide bonds. The van der Waals surface area contributed by atoms with Crippen molar-refractivity contribution in [3.63, 3.8) is 0 Å². The first-order valence-corrected chi connectivity index (χ1v) is 8.01. The van der Waals surface area contributed by atoms with Gasteiger partial charge in [0.15, 0.2) is 6.29 Å². The van der Waals surface area contributed by atoms with Crippen molar-refractivity contribution < 1.29 is 14.3 Å². The average molecular weight is 327 g/mol. The van der Waals surface area contributed by atoms with E-state index in [9.17, 15) is 14.4 Å². The van der Waals surface area contributed by atoms with Gasteiger partial charge in [0.2, 0.25) is 0 Å². The van der Waals surface area contributed by atoms with Gasteiger partial charge in [0.25, 0.3) is 5.56 Å². The zero-order chi connectivity index (χ0) is 17.5. The van der Waals surface area contributed by atoms with Crippen LogP contribution >= 0.6 is 0 Å². The fourth-order valence-electron chi connectivity index (χ4n) is 2.69. The van der Waals surface area contributed by atoms with E-state index in [-0.39, 0.29) is 12.2 Å². The third-order valence-electron chi connectivity index (χ3n) is 3.90. The van der Waals surface area contributed by atoms with Crippen molar-refractivity contribution in [2.45, 2.75) is 32.7 Å². The lowest BCUT2D eigenvalue weighted by Crippen LogP contribution is -2.28. The van der Waals surface area contributed by atoms with Crippen LogP contribution in [0.4, 0.5) is 0 Å². The van der Waals surface area contributed by atoms with Crippen molar-refractivity contribution in [2.75, 3.05) is 6.61 Å². The van der Waals surface area contributed by atoms with Crippen LogP contribution < -0.4 is 5.56 Å². The molecule has 0 fully saturated rings. The maximum absolute atomic E-state index is 12.6. The van der Waals surface area contributed by atoms with Gasteiger partial charge in [0.1, 0.15) is 0 Å². The zero-order valence-electron chi connectivity index (χ0n) is 13.9. The quantitative estimate of drug-likeness (QED) is 0.579. The molecule has 1 aromatic heterocycles. The molecule has 1 aromatic carbocycles. The maximum atomic E-state index is 12.6. The monoisotopic (exact) mass is 327 g/mol. The number of rotatable bonds is 7. The lowest BCUT2D eigenvalue weighted by Gasteiger charge is -2.17. The number of esters is 1. The molecule has 0 radical (unpaired) electrons. The van der Waals surface area contributed by atoms with E-state index >= 15 is 0 Å². The third-order valence-corrected chi connectivity index (χ3v) is 3.90. The minimum Gasteiger partial charge on any atom is -0.466 e. The first kappa shape index (κ1) is 17.7. The Morgan fingerprint density at radius 1 is 1.21 bits per heavy atom. The summed E-state index contributed by atoms with van der Waals surface area (Å²) in [5, 5.41) is 0. The van der Waals surface area contributed by atoms with E-state index < -0.39 is 17.4 Å². The van der Waals surface area contributed by atoms with Crippen molar-refractivity contribution in [2.24, 2.45) is 0 Å². The van der Waals surface area contributed by atoms with Gasteiger partial charge in [-0.2, -0.15) is 0 Å². The summed E-state index contributed by atoms with van der Waals surface area (Å²) in [6, 6.07) is 11.2. The standard InChI is InChI=1S/C19H21NO4/c1-3-15(19(23)24-4-2)16-10-11-20(18(22)17(16)13-21)12-14-8-6-5-7-9-14/h5-11,13,15H,3-4,12H2,1-2H3. The molecule has 2 aromatic rings. The van der Waals surface area contributed by atoms with Crippen LogP contribution in [0.25, 0.3) is 0 Å². The Hall–Kier alpha value is -2.69. The maximum Gasteiger partial charge on any atom is 0.313 e. The summed E-state index contributed by atoms with van der Waals surface area (Å²) < 4.78 is 6.52. The van der Waals surface area contributed by atoms with Gasteiger partial charge in [0.05, 0.1) is 24.6 Å². The van der Waals surface area contributed by atoms with E-state index in [1.165, 1.54) is 4.57 Å². The van der Waals surface area contributed by atoms with E-state index in [4.69, 9.17) is 4.74 Å². The number of carbonyl (C=O) groups is 2. The Morgan fingerprint density at radius 2 is 1.92 bits per heavy atom. The van der Waals surface area contributed by atoms with Gasteiger partial charge in [-0.1, -0.05) is 37.3 Å². The highest BCUT2D eigenvalue weighted by atomic mass is 16.5. The van der Waals surface area contributed by atoms with E-state index in [2.05, 4.69) is 0 Å². The summed E-state index contributed by atoms with van der Waals surface area (Å²) >= 11 is 0. The van der Waals surface area contributed by atoms with E-state index in [1.54, 1.807) is 19.2 Å². The average Bonchev–Trinajstić information content (AvgIpc) is 2.59. The summed E-state index contributed by atoms with van der Waals surface area (Å²) in [4.78, 5) is 36.2. The molecule has 0 aliphatic carbocycles. The third kappa shape index (κ3) is 3.79. The largest absolute Gasteiger partial charge is 0.466 e. The predicted octanol–water partition coefficient (Wildman–Crippen LogP) is 2.77. The molecule has 126 valence electrons. The first-order valence-electron chi connectivity index (χ1n) is 8.01. The minimum atomic E-state index is -0.607. The van der Waals surface area contributed by atoms with Gasteiger partial charge < -0.3 is 9.30 Å². The van der Waals surface area contributed by atoms with E-state index in [1.807, 2.05) is 37.3 Å². The molecule has 0 saturated heterocycles. The second kappa shape index (κ2) is 8.24. The number of pyridine rings is 1.